The Kier molecular flexibility index (Phi) is 4.33. The molecule has 76 valence electrons. The summed E-state index contributed by atoms with van der Waals surface area (Å²) in [6, 6.07) is 6.90. The summed E-state index contributed by atoms with van der Waals surface area (Å²) in [5.41, 5.74) is 0.719. The van der Waals surface area contributed by atoms with Crippen LogP contribution in [0.4, 0.5) is 4.39 Å². The number of rotatable bonds is 5. The predicted molar refractivity (Wildman–Crippen MR) is 57.6 cm³/mol. The molecule has 0 radical (unpaired) electrons. The van der Waals surface area contributed by atoms with Crippen molar-refractivity contribution in [2.45, 2.75) is 19.4 Å². The lowest BCUT2D eigenvalue weighted by atomic mass is 10.1. The normalized spacial score (nSPS) is 12.4. The van der Waals surface area contributed by atoms with E-state index in [1.54, 1.807) is 12.1 Å². The van der Waals surface area contributed by atoms with Gasteiger partial charge in [0, 0.05) is 11.6 Å². The number of benzene rings is 1. The standard InChI is InChI=1S/C12H16FN/c1-3-4-9-14-10(2)11-7-5-6-8-12(11)13/h3,5-8,10,14H,1,4,9H2,2H3. The van der Waals surface area contributed by atoms with Crippen LogP contribution in [0.3, 0.4) is 0 Å². The van der Waals surface area contributed by atoms with Crippen LogP contribution < -0.4 is 5.32 Å². The van der Waals surface area contributed by atoms with Gasteiger partial charge in [0.25, 0.3) is 0 Å². The van der Waals surface area contributed by atoms with E-state index in [1.807, 2.05) is 19.1 Å². The molecular weight excluding hydrogens is 177 g/mol. The smallest absolute Gasteiger partial charge is 0.127 e. The van der Waals surface area contributed by atoms with Crippen molar-refractivity contribution >= 4 is 0 Å². The first kappa shape index (κ1) is 10.9. The molecule has 0 fully saturated rings. The quantitative estimate of drug-likeness (QED) is 0.560. The van der Waals surface area contributed by atoms with Crippen molar-refractivity contribution < 1.29 is 4.39 Å². The van der Waals surface area contributed by atoms with Crippen molar-refractivity contribution in [2.75, 3.05) is 6.54 Å². The molecular formula is C12H16FN. The van der Waals surface area contributed by atoms with Crippen LogP contribution in [0.1, 0.15) is 24.9 Å². The zero-order valence-corrected chi connectivity index (χ0v) is 8.46. The Labute approximate surface area is 84.6 Å². The fourth-order valence-electron chi connectivity index (χ4n) is 1.34. The van der Waals surface area contributed by atoms with Crippen LogP contribution in [0.25, 0.3) is 0 Å². The van der Waals surface area contributed by atoms with Crippen LogP contribution in [0.15, 0.2) is 36.9 Å². The molecule has 0 bridgehead atoms. The average molecular weight is 193 g/mol. The molecule has 0 aromatic heterocycles. The number of nitrogens with one attached hydrogen (secondary N) is 1. The van der Waals surface area contributed by atoms with E-state index in [0.717, 1.165) is 18.5 Å². The lowest BCUT2D eigenvalue weighted by Gasteiger charge is -2.13. The van der Waals surface area contributed by atoms with E-state index >= 15 is 0 Å². The van der Waals surface area contributed by atoms with Gasteiger partial charge >= 0.3 is 0 Å². The largest absolute Gasteiger partial charge is 0.310 e. The summed E-state index contributed by atoms with van der Waals surface area (Å²) in [4.78, 5) is 0. The van der Waals surface area contributed by atoms with E-state index in [-0.39, 0.29) is 11.9 Å². The molecule has 0 aliphatic carbocycles. The lowest BCUT2D eigenvalue weighted by molar-refractivity contribution is 0.533. The summed E-state index contributed by atoms with van der Waals surface area (Å²) in [5.74, 6) is -0.147. The molecule has 1 N–H and O–H groups in total. The van der Waals surface area contributed by atoms with Crippen molar-refractivity contribution in [1.29, 1.82) is 0 Å². The minimum atomic E-state index is -0.147. The van der Waals surface area contributed by atoms with Gasteiger partial charge in [-0.1, -0.05) is 24.3 Å². The van der Waals surface area contributed by atoms with Gasteiger partial charge in [-0.05, 0) is 26.0 Å². The van der Waals surface area contributed by atoms with Crippen LogP contribution in [-0.4, -0.2) is 6.54 Å². The highest BCUT2D eigenvalue weighted by molar-refractivity contribution is 5.20. The summed E-state index contributed by atoms with van der Waals surface area (Å²) in [7, 11) is 0. The molecule has 0 heterocycles. The van der Waals surface area contributed by atoms with E-state index in [2.05, 4.69) is 11.9 Å². The first-order valence-electron chi connectivity index (χ1n) is 4.84. The molecule has 14 heavy (non-hydrogen) atoms. The minimum Gasteiger partial charge on any atom is -0.310 e. The highest BCUT2D eigenvalue weighted by Gasteiger charge is 2.07. The maximum atomic E-state index is 13.3. The van der Waals surface area contributed by atoms with E-state index in [4.69, 9.17) is 0 Å². The molecule has 1 aromatic carbocycles. The molecule has 0 saturated carbocycles. The average Bonchev–Trinajstić information content (AvgIpc) is 2.18. The van der Waals surface area contributed by atoms with Crippen LogP contribution in [0, 0.1) is 5.82 Å². The lowest BCUT2D eigenvalue weighted by Crippen LogP contribution is -2.20. The molecule has 0 aliphatic rings. The third kappa shape index (κ3) is 2.96. The molecule has 1 unspecified atom stereocenters. The van der Waals surface area contributed by atoms with Crippen LogP contribution in [-0.2, 0) is 0 Å². The Balaban J connectivity index is 2.55. The summed E-state index contributed by atoms with van der Waals surface area (Å²) >= 11 is 0. The van der Waals surface area contributed by atoms with E-state index in [9.17, 15) is 4.39 Å². The monoisotopic (exact) mass is 193 g/mol. The van der Waals surface area contributed by atoms with Crippen LogP contribution in [0.5, 0.6) is 0 Å². The van der Waals surface area contributed by atoms with E-state index in [1.165, 1.54) is 6.07 Å². The summed E-state index contributed by atoms with van der Waals surface area (Å²) in [6.07, 6.45) is 2.75. The molecule has 1 atom stereocenters. The Bertz CT molecular complexity index is 296. The topological polar surface area (TPSA) is 12.0 Å². The third-order valence-corrected chi connectivity index (χ3v) is 2.17. The summed E-state index contributed by atoms with van der Waals surface area (Å²) in [6.45, 7) is 6.43. The van der Waals surface area contributed by atoms with E-state index in [0.29, 0.717) is 0 Å². The fourth-order valence-corrected chi connectivity index (χ4v) is 1.34. The van der Waals surface area contributed by atoms with Gasteiger partial charge in [-0.15, -0.1) is 6.58 Å². The minimum absolute atomic E-state index is 0.0520. The molecule has 2 heteroatoms. The van der Waals surface area contributed by atoms with Crippen molar-refractivity contribution in [3.8, 4) is 0 Å². The van der Waals surface area contributed by atoms with Gasteiger partial charge < -0.3 is 5.32 Å². The molecule has 0 aliphatic heterocycles. The molecule has 1 nitrogen and oxygen atoms in total. The number of halogens is 1. The number of hydrogen-bond donors (Lipinski definition) is 1. The second-order valence-electron chi connectivity index (χ2n) is 3.27. The third-order valence-electron chi connectivity index (χ3n) is 2.17. The highest BCUT2D eigenvalue weighted by Crippen LogP contribution is 2.15. The van der Waals surface area contributed by atoms with Crippen molar-refractivity contribution in [1.82, 2.24) is 5.32 Å². The molecule has 0 spiro atoms. The van der Waals surface area contributed by atoms with Gasteiger partial charge in [0.2, 0.25) is 0 Å². The van der Waals surface area contributed by atoms with E-state index < -0.39 is 0 Å². The van der Waals surface area contributed by atoms with Crippen molar-refractivity contribution in [3.63, 3.8) is 0 Å². The predicted octanol–water partition coefficient (Wildman–Crippen LogP) is 3.05. The van der Waals surface area contributed by atoms with Crippen LogP contribution in [0.2, 0.25) is 0 Å². The summed E-state index contributed by atoms with van der Waals surface area (Å²) in [5, 5.41) is 3.23. The van der Waals surface area contributed by atoms with Gasteiger partial charge in [-0.2, -0.15) is 0 Å². The Morgan fingerprint density at radius 1 is 1.50 bits per heavy atom. The zero-order valence-electron chi connectivity index (χ0n) is 8.46. The first-order valence-corrected chi connectivity index (χ1v) is 4.84. The zero-order chi connectivity index (χ0) is 10.4. The second kappa shape index (κ2) is 5.55. The molecule has 0 amide bonds. The maximum absolute atomic E-state index is 13.3. The van der Waals surface area contributed by atoms with Crippen molar-refractivity contribution in [3.05, 3.63) is 48.3 Å². The number of hydrogen-bond acceptors (Lipinski definition) is 1. The maximum Gasteiger partial charge on any atom is 0.127 e. The SMILES string of the molecule is C=CCCNC(C)c1ccccc1F. The van der Waals surface area contributed by atoms with Gasteiger partial charge in [-0.25, -0.2) is 4.39 Å². The van der Waals surface area contributed by atoms with Crippen LogP contribution >= 0.6 is 0 Å². The fraction of sp³-hybridized carbons (Fsp3) is 0.333. The summed E-state index contributed by atoms with van der Waals surface area (Å²) < 4.78 is 13.3. The van der Waals surface area contributed by atoms with Gasteiger partial charge in [0.1, 0.15) is 5.82 Å². The van der Waals surface area contributed by atoms with Gasteiger partial charge in [0.05, 0.1) is 0 Å². The molecule has 1 aromatic rings. The van der Waals surface area contributed by atoms with Crippen molar-refractivity contribution in [2.24, 2.45) is 0 Å². The molecule has 1 rings (SSSR count). The Hall–Kier alpha value is -1.15. The Morgan fingerprint density at radius 2 is 2.21 bits per heavy atom. The molecule has 0 saturated heterocycles. The van der Waals surface area contributed by atoms with Gasteiger partial charge in [-0.3, -0.25) is 0 Å². The first-order chi connectivity index (χ1) is 6.75. The van der Waals surface area contributed by atoms with Gasteiger partial charge in [0.15, 0.2) is 0 Å². The second-order valence-corrected chi connectivity index (χ2v) is 3.27. The highest BCUT2D eigenvalue weighted by atomic mass is 19.1. The Morgan fingerprint density at radius 3 is 2.86 bits per heavy atom.